The van der Waals surface area contributed by atoms with E-state index < -0.39 is 0 Å². The third-order valence-corrected chi connectivity index (χ3v) is 3.43. The minimum absolute atomic E-state index is 0.496. The molecule has 0 bridgehead atoms. The van der Waals surface area contributed by atoms with E-state index in [9.17, 15) is 0 Å². The SMILES string of the molecule is CC1CCC(Nc2nc3ccc(N)cc3o2)C1. The average Bonchev–Trinajstić information content (AvgIpc) is 2.84. The summed E-state index contributed by atoms with van der Waals surface area (Å²) in [5, 5.41) is 3.36. The van der Waals surface area contributed by atoms with Crippen molar-refractivity contribution >= 4 is 22.8 Å². The number of nitrogens with zero attached hydrogens (tertiary/aromatic N) is 1. The van der Waals surface area contributed by atoms with E-state index in [0.29, 0.717) is 17.7 Å². The van der Waals surface area contributed by atoms with Crippen LogP contribution >= 0.6 is 0 Å². The Labute approximate surface area is 100 Å². The van der Waals surface area contributed by atoms with E-state index in [-0.39, 0.29) is 0 Å². The summed E-state index contributed by atoms with van der Waals surface area (Å²) in [6.45, 7) is 2.29. The molecule has 2 aromatic rings. The first-order valence-electron chi connectivity index (χ1n) is 6.13. The van der Waals surface area contributed by atoms with Crippen molar-refractivity contribution in [3.8, 4) is 0 Å². The summed E-state index contributed by atoms with van der Waals surface area (Å²) in [6.07, 6.45) is 3.67. The first kappa shape index (κ1) is 10.4. The number of oxazole rings is 1. The van der Waals surface area contributed by atoms with E-state index >= 15 is 0 Å². The van der Waals surface area contributed by atoms with Crippen molar-refractivity contribution in [2.45, 2.75) is 32.2 Å². The van der Waals surface area contributed by atoms with Crippen LogP contribution in [0.2, 0.25) is 0 Å². The van der Waals surface area contributed by atoms with Crippen LogP contribution in [0.1, 0.15) is 26.2 Å². The molecule has 90 valence electrons. The Bertz CT molecular complexity index is 534. The van der Waals surface area contributed by atoms with Gasteiger partial charge in [0, 0.05) is 17.8 Å². The number of hydrogen-bond acceptors (Lipinski definition) is 4. The molecule has 0 spiro atoms. The van der Waals surface area contributed by atoms with E-state index in [1.54, 1.807) is 0 Å². The van der Waals surface area contributed by atoms with Gasteiger partial charge in [-0.05, 0) is 37.3 Å². The summed E-state index contributed by atoms with van der Waals surface area (Å²) in [4.78, 5) is 4.41. The van der Waals surface area contributed by atoms with Crippen molar-refractivity contribution in [1.82, 2.24) is 4.98 Å². The van der Waals surface area contributed by atoms with Crippen molar-refractivity contribution in [1.29, 1.82) is 0 Å². The zero-order chi connectivity index (χ0) is 11.8. The highest BCUT2D eigenvalue weighted by Crippen LogP contribution is 2.28. The summed E-state index contributed by atoms with van der Waals surface area (Å²) in [5.74, 6) is 0.799. The molecular weight excluding hydrogens is 214 g/mol. The molecule has 1 aliphatic carbocycles. The first-order chi connectivity index (χ1) is 8.20. The summed E-state index contributed by atoms with van der Waals surface area (Å²) in [5.41, 5.74) is 8.01. The lowest BCUT2D eigenvalue weighted by atomic mass is 10.1. The maximum atomic E-state index is 5.71. The van der Waals surface area contributed by atoms with E-state index in [4.69, 9.17) is 10.2 Å². The fourth-order valence-corrected chi connectivity index (χ4v) is 2.52. The molecule has 4 heteroatoms. The van der Waals surface area contributed by atoms with Crippen LogP contribution in [0.25, 0.3) is 11.1 Å². The van der Waals surface area contributed by atoms with Crippen LogP contribution in [-0.2, 0) is 0 Å². The van der Waals surface area contributed by atoms with Crippen LogP contribution in [0.4, 0.5) is 11.7 Å². The molecule has 1 aromatic heterocycles. The lowest BCUT2D eigenvalue weighted by Gasteiger charge is -2.09. The van der Waals surface area contributed by atoms with Crippen LogP contribution in [-0.4, -0.2) is 11.0 Å². The monoisotopic (exact) mass is 231 g/mol. The molecule has 4 nitrogen and oxygen atoms in total. The van der Waals surface area contributed by atoms with E-state index in [1.165, 1.54) is 19.3 Å². The van der Waals surface area contributed by atoms with Crippen molar-refractivity contribution in [2.24, 2.45) is 5.92 Å². The van der Waals surface area contributed by atoms with Gasteiger partial charge in [-0.25, -0.2) is 0 Å². The Hall–Kier alpha value is -1.71. The summed E-state index contributed by atoms with van der Waals surface area (Å²) in [6, 6.07) is 6.65. The number of benzene rings is 1. The normalized spacial score (nSPS) is 24.3. The van der Waals surface area contributed by atoms with Gasteiger partial charge in [0.15, 0.2) is 5.58 Å². The third-order valence-electron chi connectivity index (χ3n) is 3.43. The van der Waals surface area contributed by atoms with E-state index in [1.807, 2.05) is 18.2 Å². The van der Waals surface area contributed by atoms with Gasteiger partial charge in [0.25, 0.3) is 6.01 Å². The molecule has 0 saturated heterocycles. The van der Waals surface area contributed by atoms with Crippen molar-refractivity contribution in [2.75, 3.05) is 11.1 Å². The van der Waals surface area contributed by atoms with Gasteiger partial charge in [-0.3, -0.25) is 0 Å². The Morgan fingerprint density at radius 3 is 3.06 bits per heavy atom. The van der Waals surface area contributed by atoms with Gasteiger partial charge in [-0.15, -0.1) is 0 Å². The molecule has 3 rings (SSSR count). The van der Waals surface area contributed by atoms with Crippen LogP contribution in [0, 0.1) is 5.92 Å². The molecule has 0 amide bonds. The molecule has 3 N–H and O–H groups in total. The maximum Gasteiger partial charge on any atom is 0.295 e. The zero-order valence-electron chi connectivity index (χ0n) is 9.94. The largest absolute Gasteiger partial charge is 0.423 e. The Kier molecular flexibility index (Phi) is 2.42. The van der Waals surface area contributed by atoms with Gasteiger partial charge < -0.3 is 15.5 Å². The van der Waals surface area contributed by atoms with Gasteiger partial charge in [0.2, 0.25) is 0 Å². The minimum atomic E-state index is 0.496. The predicted octanol–water partition coefficient (Wildman–Crippen LogP) is 3.01. The fraction of sp³-hybridized carbons (Fsp3) is 0.462. The Morgan fingerprint density at radius 2 is 2.29 bits per heavy atom. The Morgan fingerprint density at radius 1 is 1.41 bits per heavy atom. The van der Waals surface area contributed by atoms with E-state index in [0.717, 1.165) is 17.0 Å². The number of aromatic nitrogens is 1. The Balaban J connectivity index is 1.81. The molecule has 0 aliphatic heterocycles. The van der Waals surface area contributed by atoms with Crippen LogP contribution < -0.4 is 11.1 Å². The molecule has 1 saturated carbocycles. The third kappa shape index (κ3) is 2.07. The number of rotatable bonds is 2. The standard InChI is InChI=1S/C13H17N3O/c1-8-2-4-10(6-8)15-13-16-11-5-3-9(14)7-12(11)17-13/h3,5,7-8,10H,2,4,6,14H2,1H3,(H,15,16). The topological polar surface area (TPSA) is 64.1 Å². The first-order valence-corrected chi connectivity index (χ1v) is 6.13. The molecule has 2 atom stereocenters. The molecular formula is C13H17N3O. The summed E-state index contributed by atoms with van der Waals surface area (Å²) >= 11 is 0. The minimum Gasteiger partial charge on any atom is -0.423 e. The molecule has 1 aliphatic rings. The number of nitrogen functional groups attached to an aromatic ring is 1. The average molecular weight is 231 g/mol. The number of nitrogens with two attached hydrogens (primary N) is 1. The molecule has 1 heterocycles. The van der Waals surface area contributed by atoms with Crippen LogP contribution in [0.3, 0.4) is 0 Å². The molecule has 1 aromatic carbocycles. The second kappa shape index (κ2) is 3.95. The maximum absolute atomic E-state index is 5.71. The predicted molar refractivity (Wildman–Crippen MR) is 68.8 cm³/mol. The summed E-state index contributed by atoms with van der Waals surface area (Å²) < 4.78 is 5.64. The van der Waals surface area contributed by atoms with Crippen molar-refractivity contribution in [3.05, 3.63) is 18.2 Å². The molecule has 17 heavy (non-hydrogen) atoms. The highest BCUT2D eigenvalue weighted by Gasteiger charge is 2.22. The van der Waals surface area contributed by atoms with E-state index in [2.05, 4.69) is 17.2 Å². The molecule has 0 radical (unpaired) electrons. The number of anilines is 2. The fourth-order valence-electron chi connectivity index (χ4n) is 2.52. The highest BCUT2D eigenvalue weighted by atomic mass is 16.4. The van der Waals surface area contributed by atoms with Gasteiger partial charge in [-0.2, -0.15) is 4.98 Å². The van der Waals surface area contributed by atoms with Crippen LogP contribution in [0.5, 0.6) is 0 Å². The van der Waals surface area contributed by atoms with Crippen LogP contribution in [0.15, 0.2) is 22.6 Å². The van der Waals surface area contributed by atoms with Crippen molar-refractivity contribution < 1.29 is 4.42 Å². The number of fused-ring (bicyclic) bond motifs is 1. The highest BCUT2D eigenvalue weighted by molar-refractivity contribution is 5.78. The number of hydrogen-bond donors (Lipinski definition) is 2. The molecule has 1 fully saturated rings. The zero-order valence-corrected chi connectivity index (χ0v) is 9.94. The lowest BCUT2D eigenvalue weighted by molar-refractivity contribution is 0.576. The lowest BCUT2D eigenvalue weighted by Crippen LogP contribution is -2.15. The smallest absolute Gasteiger partial charge is 0.295 e. The van der Waals surface area contributed by atoms with Crippen molar-refractivity contribution in [3.63, 3.8) is 0 Å². The number of nitrogens with one attached hydrogen (secondary N) is 1. The van der Waals surface area contributed by atoms with Gasteiger partial charge in [-0.1, -0.05) is 6.92 Å². The second-order valence-electron chi connectivity index (χ2n) is 5.01. The molecule has 2 unspecified atom stereocenters. The summed E-state index contributed by atoms with van der Waals surface area (Å²) in [7, 11) is 0. The second-order valence-corrected chi connectivity index (χ2v) is 5.01. The quantitative estimate of drug-likeness (QED) is 0.780. The van der Waals surface area contributed by atoms with Gasteiger partial charge >= 0.3 is 0 Å². The van der Waals surface area contributed by atoms with Gasteiger partial charge in [0.05, 0.1) is 0 Å². The van der Waals surface area contributed by atoms with Gasteiger partial charge in [0.1, 0.15) is 5.52 Å².